The molecule has 2 heterocycles. The zero-order chi connectivity index (χ0) is 23.8. The second-order valence-electron chi connectivity index (χ2n) is 8.53. The van der Waals surface area contributed by atoms with Gasteiger partial charge in [-0.25, -0.2) is 0 Å². The normalized spacial score (nSPS) is 13.8. The first-order chi connectivity index (χ1) is 16.7. The van der Waals surface area contributed by atoms with E-state index in [1.165, 1.54) is 18.4 Å². The van der Waals surface area contributed by atoms with Crippen LogP contribution in [0.5, 0.6) is 5.75 Å². The summed E-state index contributed by atoms with van der Waals surface area (Å²) < 4.78 is 7.67. The lowest BCUT2D eigenvalue weighted by Gasteiger charge is -2.15. The number of methoxy groups -OCH3 is 1. The molecule has 1 saturated heterocycles. The lowest BCUT2D eigenvalue weighted by Crippen LogP contribution is -2.33. The Morgan fingerprint density at radius 1 is 1.09 bits per heavy atom. The van der Waals surface area contributed by atoms with Crippen LogP contribution in [-0.2, 0) is 4.79 Å². The standard InChI is InChI=1S/C26H33N5O2S/c1-20-11-13-21(14-12-20)25-28-29-26(31(25)22-8-3-4-9-23(22)33-2)34-19-7-10-24(32)27-15-18-30-16-5-6-17-30/h3-4,8-9,11-14H,5-7,10,15-19H2,1-2H3,(H,27,32). The summed E-state index contributed by atoms with van der Waals surface area (Å²) in [6, 6.07) is 16.2. The molecule has 7 nitrogen and oxygen atoms in total. The van der Waals surface area contributed by atoms with E-state index < -0.39 is 0 Å². The van der Waals surface area contributed by atoms with E-state index in [1.807, 2.05) is 28.8 Å². The predicted molar refractivity (Wildman–Crippen MR) is 137 cm³/mol. The van der Waals surface area contributed by atoms with Gasteiger partial charge >= 0.3 is 0 Å². The third kappa shape index (κ3) is 6.18. The van der Waals surface area contributed by atoms with Gasteiger partial charge in [-0.15, -0.1) is 10.2 Å². The van der Waals surface area contributed by atoms with Crippen molar-refractivity contribution in [2.75, 3.05) is 39.0 Å². The van der Waals surface area contributed by atoms with Crippen LogP contribution in [0.2, 0.25) is 0 Å². The Kier molecular flexibility index (Phi) is 8.60. The van der Waals surface area contributed by atoms with E-state index in [9.17, 15) is 4.79 Å². The molecule has 0 aliphatic carbocycles. The number of carbonyl (C=O) groups excluding carboxylic acids is 1. The van der Waals surface area contributed by atoms with Gasteiger partial charge in [-0.1, -0.05) is 53.7 Å². The van der Waals surface area contributed by atoms with Crippen LogP contribution in [0.25, 0.3) is 17.1 Å². The highest BCUT2D eigenvalue weighted by Gasteiger charge is 2.19. The summed E-state index contributed by atoms with van der Waals surface area (Å²) in [4.78, 5) is 14.6. The lowest BCUT2D eigenvalue weighted by atomic mass is 10.1. The number of amides is 1. The number of rotatable bonds is 11. The van der Waals surface area contributed by atoms with E-state index in [4.69, 9.17) is 4.74 Å². The van der Waals surface area contributed by atoms with E-state index >= 15 is 0 Å². The smallest absolute Gasteiger partial charge is 0.220 e. The fraction of sp³-hybridized carbons (Fsp3) is 0.423. The Hall–Kier alpha value is -2.84. The molecule has 1 aliphatic heterocycles. The molecular formula is C26H33N5O2S. The minimum absolute atomic E-state index is 0.117. The van der Waals surface area contributed by atoms with Crippen LogP contribution < -0.4 is 10.1 Å². The zero-order valence-corrected chi connectivity index (χ0v) is 20.8. The van der Waals surface area contributed by atoms with Gasteiger partial charge in [-0.3, -0.25) is 9.36 Å². The monoisotopic (exact) mass is 479 g/mol. The maximum Gasteiger partial charge on any atom is 0.220 e. The first-order valence-electron chi connectivity index (χ1n) is 11.9. The number of thioether (sulfide) groups is 1. The van der Waals surface area contributed by atoms with Crippen LogP contribution in [0.1, 0.15) is 31.2 Å². The van der Waals surface area contributed by atoms with Gasteiger partial charge in [0.05, 0.1) is 12.8 Å². The third-order valence-corrected chi connectivity index (χ3v) is 7.01. The fourth-order valence-corrected chi connectivity index (χ4v) is 5.01. The van der Waals surface area contributed by atoms with Crippen LogP contribution in [0, 0.1) is 6.92 Å². The number of nitrogens with zero attached hydrogens (tertiary/aromatic N) is 4. The van der Waals surface area contributed by atoms with Gasteiger partial charge in [-0.2, -0.15) is 0 Å². The van der Waals surface area contributed by atoms with Gasteiger partial charge in [0, 0.05) is 30.8 Å². The molecule has 34 heavy (non-hydrogen) atoms. The van der Waals surface area contributed by atoms with Crippen LogP contribution in [0.3, 0.4) is 0 Å². The van der Waals surface area contributed by atoms with E-state index in [0.717, 1.165) is 66.3 Å². The molecule has 0 spiro atoms. The quantitative estimate of drug-likeness (QED) is 0.326. The van der Waals surface area contributed by atoms with Gasteiger partial charge in [0.15, 0.2) is 11.0 Å². The first kappa shape index (κ1) is 24.3. The second-order valence-corrected chi connectivity index (χ2v) is 9.59. The largest absolute Gasteiger partial charge is 0.495 e. The number of likely N-dealkylation sites (tertiary alicyclic amines) is 1. The van der Waals surface area contributed by atoms with Crippen molar-refractivity contribution in [3.63, 3.8) is 0 Å². The molecule has 1 aromatic heterocycles. The average Bonchev–Trinajstić information content (AvgIpc) is 3.52. The number of para-hydroxylation sites is 2. The predicted octanol–water partition coefficient (Wildman–Crippen LogP) is 4.34. The van der Waals surface area contributed by atoms with Crippen molar-refractivity contribution in [2.45, 2.75) is 37.8 Å². The summed E-state index contributed by atoms with van der Waals surface area (Å²) in [7, 11) is 1.67. The molecular weight excluding hydrogens is 446 g/mol. The van der Waals surface area contributed by atoms with Gasteiger partial charge in [0.25, 0.3) is 0 Å². The molecule has 0 bridgehead atoms. The highest BCUT2D eigenvalue weighted by atomic mass is 32.2. The van der Waals surface area contributed by atoms with Gasteiger partial charge in [0.1, 0.15) is 5.75 Å². The number of hydrogen-bond acceptors (Lipinski definition) is 6. The Morgan fingerprint density at radius 2 is 1.85 bits per heavy atom. The highest BCUT2D eigenvalue weighted by molar-refractivity contribution is 7.99. The number of carbonyl (C=O) groups is 1. The van der Waals surface area contributed by atoms with Crippen LogP contribution in [0.15, 0.2) is 53.7 Å². The molecule has 0 atom stereocenters. The maximum atomic E-state index is 12.2. The number of ether oxygens (including phenoxy) is 1. The second kappa shape index (κ2) is 12.0. The number of nitrogens with one attached hydrogen (secondary N) is 1. The van der Waals surface area contributed by atoms with E-state index in [2.05, 4.69) is 51.6 Å². The van der Waals surface area contributed by atoms with Gasteiger partial charge in [-0.05, 0) is 51.4 Å². The molecule has 2 aromatic carbocycles. The van der Waals surface area contributed by atoms with Crippen LogP contribution >= 0.6 is 11.8 Å². The molecule has 0 radical (unpaired) electrons. The molecule has 1 aliphatic rings. The first-order valence-corrected chi connectivity index (χ1v) is 12.9. The summed E-state index contributed by atoms with van der Waals surface area (Å²) in [6.45, 7) is 6.06. The molecule has 8 heteroatoms. The molecule has 1 amide bonds. The van der Waals surface area contributed by atoms with Crippen molar-refractivity contribution in [1.82, 2.24) is 25.0 Å². The minimum Gasteiger partial charge on any atom is -0.495 e. The van der Waals surface area contributed by atoms with E-state index in [1.54, 1.807) is 18.9 Å². The summed E-state index contributed by atoms with van der Waals surface area (Å²) in [5, 5.41) is 12.8. The summed E-state index contributed by atoms with van der Waals surface area (Å²) in [5.74, 6) is 2.42. The van der Waals surface area contributed by atoms with Crippen molar-refractivity contribution in [3.05, 3.63) is 54.1 Å². The van der Waals surface area contributed by atoms with Crippen LogP contribution in [0.4, 0.5) is 0 Å². The molecule has 1 fully saturated rings. The van der Waals surface area contributed by atoms with Crippen molar-refractivity contribution in [3.8, 4) is 22.8 Å². The van der Waals surface area contributed by atoms with Crippen molar-refractivity contribution < 1.29 is 9.53 Å². The molecule has 3 aromatic rings. The maximum absolute atomic E-state index is 12.2. The SMILES string of the molecule is COc1ccccc1-n1c(SCCCC(=O)NCCN2CCCC2)nnc1-c1ccc(C)cc1. The minimum atomic E-state index is 0.117. The van der Waals surface area contributed by atoms with Gasteiger partial charge < -0.3 is 15.0 Å². The summed E-state index contributed by atoms with van der Waals surface area (Å²) in [5.41, 5.74) is 3.08. The Balaban J connectivity index is 1.40. The van der Waals surface area contributed by atoms with Crippen molar-refractivity contribution in [2.24, 2.45) is 0 Å². The molecule has 1 N–H and O–H groups in total. The number of aromatic nitrogens is 3. The average molecular weight is 480 g/mol. The number of hydrogen-bond donors (Lipinski definition) is 1. The lowest BCUT2D eigenvalue weighted by molar-refractivity contribution is -0.121. The summed E-state index contributed by atoms with van der Waals surface area (Å²) >= 11 is 1.61. The highest BCUT2D eigenvalue weighted by Crippen LogP contribution is 2.32. The Bertz CT molecular complexity index is 1080. The van der Waals surface area contributed by atoms with Crippen molar-refractivity contribution in [1.29, 1.82) is 0 Å². The fourth-order valence-electron chi connectivity index (χ4n) is 4.13. The Labute approximate surface area is 205 Å². The van der Waals surface area contributed by atoms with Crippen LogP contribution in [-0.4, -0.2) is 64.6 Å². The number of benzene rings is 2. The Morgan fingerprint density at radius 3 is 2.62 bits per heavy atom. The topological polar surface area (TPSA) is 72.3 Å². The van der Waals surface area contributed by atoms with Crippen molar-refractivity contribution >= 4 is 17.7 Å². The molecule has 0 saturated carbocycles. The van der Waals surface area contributed by atoms with E-state index in [0.29, 0.717) is 6.42 Å². The molecule has 0 unspecified atom stereocenters. The molecule has 180 valence electrons. The van der Waals surface area contributed by atoms with Gasteiger partial charge in [0.2, 0.25) is 5.91 Å². The zero-order valence-electron chi connectivity index (χ0n) is 20.0. The molecule has 4 rings (SSSR count). The summed E-state index contributed by atoms with van der Waals surface area (Å²) in [6.07, 6.45) is 3.84. The third-order valence-electron chi connectivity index (χ3n) is 6.00. The number of aryl methyl sites for hydroxylation is 1. The van der Waals surface area contributed by atoms with E-state index in [-0.39, 0.29) is 5.91 Å².